The van der Waals surface area contributed by atoms with Gasteiger partial charge in [0.2, 0.25) is 0 Å². The van der Waals surface area contributed by atoms with Gasteiger partial charge in [-0.25, -0.2) is 0 Å². The molecule has 0 atom stereocenters. The lowest BCUT2D eigenvalue weighted by molar-refractivity contribution is 1.22. The molecule has 0 aliphatic carbocycles. The van der Waals surface area contributed by atoms with Gasteiger partial charge < -0.3 is 10.2 Å². The van der Waals surface area contributed by atoms with Crippen molar-refractivity contribution in [1.29, 1.82) is 0 Å². The quantitative estimate of drug-likeness (QED) is 0.443. The summed E-state index contributed by atoms with van der Waals surface area (Å²) in [6.07, 6.45) is 3.64. The number of nitrogens with zero attached hydrogens (tertiary/aromatic N) is 3. The number of aromatic nitrogens is 2. The minimum Gasteiger partial charge on any atom is -0.386 e. The van der Waals surface area contributed by atoms with E-state index in [2.05, 4.69) is 51.5 Å². The van der Waals surface area contributed by atoms with Crippen LogP contribution in [0, 0.1) is 0 Å². The van der Waals surface area contributed by atoms with Crippen LogP contribution in [0.15, 0.2) is 67.0 Å². The van der Waals surface area contributed by atoms with Gasteiger partial charge in [0.15, 0.2) is 0 Å². The number of anilines is 3. The second-order valence-electron chi connectivity index (χ2n) is 5.67. The Kier molecular flexibility index (Phi) is 3.50. The van der Waals surface area contributed by atoms with E-state index in [4.69, 9.17) is 0 Å². The lowest BCUT2D eigenvalue weighted by Gasteiger charge is -2.25. The van der Waals surface area contributed by atoms with Gasteiger partial charge in [-0.15, -0.1) is 0 Å². The smallest absolute Gasteiger partial charge is 0.0987 e. The molecule has 2 heterocycles. The van der Waals surface area contributed by atoms with Crippen molar-refractivity contribution >= 4 is 38.9 Å². The van der Waals surface area contributed by atoms with E-state index < -0.39 is 0 Å². The molecule has 24 heavy (non-hydrogen) atoms. The first-order valence-corrected chi connectivity index (χ1v) is 7.93. The van der Waals surface area contributed by atoms with E-state index in [0.717, 1.165) is 38.9 Å². The zero-order valence-electron chi connectivity index (χ0n) is 13.7. The largest absolute Gasteiger partial charge is 0.386 e. The molecule has 0 bridgehead atoms. The molecule has 0 unspecified atom stereocenters. The summed E-state index contributed by atoms with van der Waals surface area (Å²) in [5.74, 6) is 0. The molecule has 0 aliphatic rings. The van der Waals surface area contributed by atoms with Crippen LogP contribution in [0.25, 0.3) is 21.8 Å². The third-order valence-electron chi connectivity index (χ3n) is 4.33. The first-order chi connectivity index (χ1) is 11.8. The summed E-state index contributed by atoms with van der Waals surface area (Å²) in [5, 5.41) is 5.53. The number of hydrogen-bond donors (Lipinski definition) is 1. The van der Waals surface area contributed by atoms with Gasteiger partial charge in [0, 0.05) is 42.9 Å². The maximum Gasteiger partial charge on any atom is 0.0987 e. The average Bonchev–Trinajstić information content (AvgIpc) is 2.67. The maximum absolute atomic E-state index is 4.60. The van der Waals surface area contributed by atoms with Gasteiger partial charge in [-0.2, -0.15) is 0 Å². The highest BCUT2D eigenvalue weighted by Crippen LogP contribution is 2.42. The van der Waals surface area contributed by atoms with Crippen molar-refractivity contribution in [2.45, 2.75) is 0 Å². The zero-order valence-corrected chi connectivity index (χ0v) is 13.7. The Hall–Kier alpha value is -3.14. The molecular formula is C20H18N4. The molecule has 0 saturated carbocycles. The number of para-hydroxylation sites is 1. The van der Waals surface area contributed by atoms with Crippen molar-refractivity contribution in [3.63, 3.8) is 0 Å². The van der Waals surface area contributed by atoms with Crippen LogP contribution in [-0.2, 0) is 0 Å². The SMILES string of the molecule is CNc1c(N(C)c2ccccc2)c2cccnc2c2ncccc12. The van der Waals surface area contributed by atoms with Gasteiger partial charge >= 0.3 is 0 Å². The summed E-state index contributed by atoms with van der Waals surface area (Å²) in [6, 6.07) is 18.5. The van der Waals surface area contributed by atoms with E-state index >= 15 is 0 Å². The van der Waals surface area contributed by atoms with E-state index in [-0.39, 0.29) is 0 Å². The second-order valence-corrected chi connectivity index (χ2v) is 5.67. The van der Waals surface area contributed by atoms with Crippen LogP contribution in [-0.4, -0.2) is 24.1 Å². The van der Waals surface area contributed by atoms with Crippen LogP contribution in [0.3, 0.4) is 0 Å². The van der Waals surface area contributed by atoms with Crippen molar-refractivity contribution in [3.05, 3.63) is 67.0 Å². The molecule has 2 aromatic carbocycles. The Morgan fingerprint density at radius 3 is 2.08 bits per heavy atom. The minimum atomic E-state index is 0.919. The highest BCUT2D eigenvalue weighted by Gasteiger charge is 2.18. The Balaban J connectivity index is 2.13. The molecule has 0 saturated heterocycles. The molecule has 1 N–H and O–H groups in total. The number of pyridine rings is 2. The second kappa shape index (κ2) is 5.81. The summed E-state index contributed by atoms with van der Waals surface area (Å²) < 4.78 is 0. The molecule has 0 aliphatic heterocycles. The maximum atomic E-state index is 4.60. The molecule has 4 heteroatoms. The molecule has 0 spiro atoms. The zero-order chi connectivity index (χ0) is 16.5. The fraction of sp³-hybridized carbons (Fsp3) is 0.100. The summed E-state index contributed by atoms with van der Waals surface area (Å²) >= 11 is 0. The van der Waals surface area contributed by atoms with Crippen LogP contribution in [0.4, 0.5) is 17.1 Å². The number of fused-ring (bicyclic) bond motifs is 3. The highest BCUT2D eigenvalue weighted by atomic mass is 15.1. The third-order valence-corrected chi connectivity index (χ3v) is 4.33. The summed E-state index contributed by atoms with van der Waals surface area (Å²) in [6.45, 7) is 0. The molecule has 2 aromatic heterocycles. The van der Waals surface area contributed by atoms with Crippen molar-refractivity contribution in [1.82, 2.24) is 9.97 Å². The van der Waals surface area contributed by atoms with Gasteiger partial charge in [0.05, 0.1) is 22.4 Å². The predicted molar refractivity (Wildman–Crippen MR) is 101 cm³/mol. The lowest BCUT2D eigenvalue weighted by Crippen LogP contribution is -2.13. The number of rotatable bonds is 3. The number of hydrogen-bond acceptors (Lipinski definition) is 4. The van der Waals surface area contributed by atoms with E-state index in [1.165, 1.54) is 0 Å². The predicted octanol–water partition coefficient (Wildman–Crippen LogP) is 4.59. The summed E-state index contributed by atoms with van der Waals surface area (Å²) in [5.41, 5.74) is 5.13. The molecule has 118 valence electrons. The van der Waals surface area contributed by atoms with Gasteiger partial charge in [0.1, 0.15) is 0 Å². The summed E-state index contributed by atoms with van der Waals surface area (Å²) in [4.78, 5) is 11.4. The van der Waals surface area contributed by atoms with Gasteiger partial charge in [-0.1, -0.05) is 18.2 Å². The number of nitrogens with one attached hydrogen (secondary N) is 1. The summed E-state index contributed by atoms with van der Waals surface area (Å²) in [7, 11) is 4.03. The third kappa shape index (κ3) is 2.15. The van der Waals surface area contributed by atoms with Crippen molar-refractivity contribution in [3.8, 4) is 0 Å². The fourth-order valence-corrected chi connectivity index (χ4v) is 3.23. The minimum absolute atomic E-state index is 0.919. The van der Waals surface area contributed by atoms with Crippen LogP contribution in [0.5, 0.6) is 0 Å². The van der Waals surface area contributed by atoms with Crippen LogP contribution in [0.1, 0.15) is 0 Å². The molecule has 4 aromatic rings. The normalized spacial score (nSPS) is 10.9. The molecular weight excluding hydrogens is 296 g/mol. The molecule has 4 rings (SSSR count). The van der Waals surface area contributed by atoms with Gasteiger partial charge in [-0.3, -0.25) is 9.97 Å². The Morgan fingerprint density at radius 2 is 1.42 bits per heavy atom. The topological polar surface area (TPSA) is 41.0 Å². The Bertz CT molecular complexity index is 1010. The average molecular weight is 314 g/mol. The highest BCUT2D eigenvalue weighted by molar-refractivity contribution is 6.17. The van der Waals surface area contributed by atoms with Crippen LogP contribution in [0.2, 0.25) is 0 Å². The standard InChI is InChI=1S/C20H18N4/c1-21-19-15-10-6-12-22-17(15)18-16(11-7-13-23-18)20(19)24(2)14-8-4-3-5-9-14/h3-13,21H,1-2H3. The molecule has 0 amide bonds. The van der Waals surface area contributed by atoms with Crippen molar-refractivity contribution in [2.75, 3.05) is 24.3 Å². The molecule has 4 nitrogen and oxygen atoms in total. The fourth-order valence-electron chi connectivity index (χ4n) is 3.23. The van der Waals surface area contributed by atoms with E-state index in [9.17, 15) is 0 Å². The van der Waals surface area contributed by atoms with E-state index in [1.54, 1.807) is 0 Å². The van der Waals surface area contributed by atoms with E-state index in [1.807, 2.05) is 49.8 Å². The Morgan fingerprint density at radius 1 is 0.792 bits per heavy atom. The first kappa shape index (κ1) is 14.5. The molecule has 0 fully saturated rings. The lowest BCUT2D eigenvalue weighted by atomic mass is 10.0. The Labute approximate surface area is 140 Å². The molecule has 0 radical (unpaired) electrons. The monoisotopic (exact) mass is 314 g/mol. The van der Waals surface area contributed by atoms with Crippen molar-refractivity contribution in [2.24, 2.45) is 0 Å². The van der Waals surface area contributed by atoms with E-state index in [0.29, 0.717) is 0 Å². The number of benzene rings is 2. The van der Waals surface area contributed by atoms with Gasteiger partial charge in [-0.05, 0) is 36.4 Å². The first-order valence-electron chi connectivity index (χ1n) is 7.93. The van der Waals surface area contributed by atoms with Gasteiger partial charge in [0.25, 0.3) is 0 Å². The van der Waals surface area contributed by atoms with Crippen LogP contribution < -0.4 is 10.2 Å². The van der Waals surface area contributed by atoms with Crippen LogP contribution >= 0.6 is 0 Å². The van der Waals surface area contributed by atoms with Crippen molar-refractivity contribution < 1.29 is 0 Å².